The van der Waals surface area contributed by atoms with Gasteiger partial charge in [-0.25, -0.2) is 19.1 Å². The average molecular weight is 587 g/mol. The van der Waals surface area contributed by atoms with Crippen LogP contribution in [0.2, 0.25) is 5.02 Å². The van der Waals surface area contributed by atoms with Gasteiger partial charge in [0.1, 0.15) is 6.54 Å². The van der Waals surface area contributed by atoms with Crippen molar-refractivity contribution in [3.05, 3.63) is 117 Å². The van der Waals surface area contributed by atoms with E-state index in [1.165, 1.54) is 14.8 Å². The lowest BCUT2D eigenvalue weighted by atomic mass is 9.91. The number of hydrogen-bond acceptors (Lipinski definition) is 7. The van der Waals surface area contributed by atoms with Crippen molar-refractivity contribution in [2.24, 2.45) is 5.10 Å². The number of anilines is 1. The summed E-state index contributed by atoms with van der Waals surface area (Å²) in [6.45, 7) is 4.23. The molecule has 1 unspecified atom stereocenters. The van der Waals surface area contributed by atoms with E-state index in [4.69, 9.17) is 21.4 Å². The van der Waals surface area contributed by atoms with E-state index in [1.807, 2.05) is 66.7 Å². The van der Waals surface area contributed by atoms with E-state index >= 15 is 0 Å². The Morgan fingerprint density at radius 3 is 2.26 bits per heavy atom. The van der Waals surface area contributed by atoms with Crippen molar-refractivity contribution >= 4 is 29.2 Å². The van der Waals surface area contributed by atoms with Gasteiger partial charge in [0.15, 0.2) is 0 Å². The SMILES string of the molecule is O=C(O)Cn1c(N2CC(c3ccccc3)C(c3ccc(Cl)cc3)=N2)nn(Cc2ccc(CN3CCOCC3)cc2)c1=O. The van der Waals surface area contributed by atoms with E-state index < -0.39 is 18.2 Å². The third-order valence-corrected chi connectivity index (χ3v) is 7.80. The number of carbonyl (C=O) groups is 1. The highest BCUT2D eigenvalue weighted by atomic mass is 35.5. The third-order valence-electron chi connectivity index (χ3n) is 7.55. The molecule has 3 heterocycles. The van der Waals surface area contributed by atoms with Crippen LogP contribution in [-0.2, 0) is 29.2 Å². The van der Waals surface area contributed by atoms with Gasteiger partial charge in [0.05, 0.1) is 32.0 Å². The lowest BCUT2D eigenvalue weighted by Crippen LogP contribution is -2.35. The van der Waals surface area contributed by atoms with Crippen LogP contribution >= 0.6 is 11.6 Å². The zero-order valence-electron chi connectivity index (χ0n) is 23.0. The third kappa shape index (κ3) is 6.15. The Hall–Kier alpha value is -4.25. The summed E-state index contributed by atoms with van der Waals surface area (Å²) in [7, 11) is 0. The first-order valence-corrected chi connectivity index (χ1v) is 14.3. The minimum absolute atomic E-state index is 0.120. The Kier molecular flexibility index (Phi) is 8.18. The van der Waals surface area contributed by atoms with Crippen molar-refractivity contribution in [3.8, 4) is 0 Å². The number of hydrogen-bond donors (Lipinski definition) is 1. The van der Waals surface area contributed by atoms with Gasteiger partial charge in [-0.1, -0.05) is 78.3 Å². The minimum Gasteiger partial charge on any atom is -0.480 e. The largest absolute Gasteiger partial charge is 0.480 e. The fourth-order valence-electron chi connectivity index (χ4n) is 5.39. The van der Waals surface area contributed by atoms with E-state index in [2.05, 4.69) is 22.1 Å². The van der Waals surface area contributed by atoms with Gasteiger partial charge in [0, 0.05) is 30.6 Å². The standard InChI is InChI=1S/C31H31ClN6O4/c32-26-12-10-25(11-13-26)29-27(24-4-2-1-3-5-24)20-37(33-29)30-34-38(31(41)36(30)21-28(39)40)19-23-8-6-22(7-9-23)18-35-14-16-42-17-15-35/h1-13,27H,14-21H2,(H,39,40). The van der Waals surface area contributed by atoms with Crippen LogP contribution in [0.4, 0.5) is 5.95 Å². The molecule has 1 fully saturated rings. The molecule has 10 nitrogen and oxygen atoms in total. The number of nitrogens with zero attached hydrogens (tertiary/aromatic N) is 6. The number of aliphatic carboxylic acids is 1. The Morgan fingerprint density at radius 1 is 0.929 bits per heavy atom. The highest BCUT2D eigenvalue weighted by Gasteiger charge is 2.33. The number of rotatable bonds is 9. The van der Waals surface area contributed by atoms with Crippen LogP contribution in [0, 0.1) is 0 Å². The summed E-state index contributed by atoms with van der Waals surface area (Å²) >= 11 is 6.14. The molecule has 1 saturated heterocycles. The van der Waals surface area contributed by atoms with Crippen LogP contribution in [0.1, 0.15) is 28.2 Å². The molecule has 1 atom stereocenters. The zero-order chi connectivity index (χ0) is 29.1. The molecule has 0 radical (unpaired) electrons. The Labute approximate surface area is 248 Å². The predicted octanol–water partition coefficient (Wildman–Crippen LogP) is 3.67. The Morgan fingerprint density at radius 2 is 1.60 bits per heavy atom. The molecule has 0 bridgehead atoms. The number of carboxylic acids is 1. The molecule has 2 aliphatic rings. The lowest BCUT2D eigenvalue weighted by Gasteiger charge is -2.26. The van der Waals surface area contributed by atoms with E-state index in [1.54, 1.807) is 5.01 Å². The molecule has 4 aromatic rings. The van der Waals surface area contributed by atoms with Gasteiger partial charge in [0.25, 0.3) is 0 Å². The fraction of sp³-hybridized carbons (Fsp3) is 0.290. The van der Waals surface area contributed by atoms with Crippen molar-refractivity contribution < 1.29 is 14.6 Å². The van der Waals surface area contributed by atoms with E-state index in [0.717, 1.165) is 55.3 Å². The highest BCUT2D eigenvalue weighted by Crippen LogP contribution is 2.31. The summed E-state index contributed by atoms with van der Waals surface area (Å²) in [6, 6.07) is 25.5. The number of morpholine rings is 1. The number of ether oxygens (including phenoxy) is 1. The second-order valence-electron chi connectivity index (χ2n) is 10.5. The molecule has 0 saturated carbocycles. The maximum Gasteiger partial charge on any atom is 0.348 e. The summed E-state index contributed by atoms with van der Waals surface area (Å²) < 4.78 is 7.91. The quantitative estimate of drug-likeness (QED) is 0.319. The molecule has 216 valence electrons. The van der Waals surface area contributed by atoms with Gasteiger partial charge in [-0.05, 0) is 34.4 Å². The van der Waals surface area contributed by atoms with Gasteiger partial charge < -0.3 is 9.84 Å². The van der Waals surface area contributed by atoms with Crippen molar-refractivity contribution in [2.45, 2.75) is 25.6 Å². The molecule has 1 N–H and O–H groups in total. The van der Waals surface area contributed by atoms with Crippen molar-refractivity contribution in [3.63, 3.8) is 0 Å². The maximum atomic E-state index is 13.4. The van der Waals surface area contributed by atoms with Crippen molar-refractivity contribution in [1.82, 2.24) is 19.2 Å². The monoisotopic (exact) mass is 586 g/mol. The van der Waals surface area contributed by atoms with Crippen molar-refractivity contribution in [2.75, 3.05) is 37.9 Å². The normalized spacial score (nSPS) is 17.4. The second-order valence-corrected chi connectivity index (χ2v) is 10.9. The van der Waals surface area contributed by atoms with Crippen LogP contribution in [0.5, 0.6) is 0 Å². The summed E-state index contributed by atoms with van der Waals surface area (Å²) in [5, 5.41) is 21.4. The smallest absolute Gasteiger partial charge is 0.348 e. The highest BCUT2D eigenvalue weighted by molar-refractivity contribution is 6.30. The summed E-state index contributed by atoms with van der Waals surface area (Å²) in [4.78, 5) is 27.6. The number of halogens is 1. The molecule has 1 aromatic heterocycles. The fourth-order valence-corrected chi connectivity index (χ4v) is 5.52. The van der Waals surface area contributed by atoms with Crippen LogP contribution in [0.15, 0.2) is 88.8 Å². The number of benzene rings is 3. The molecule has 42 heavy (non-hydrogen) atoms. The molecule has 2 aliphatic heterocycles. The summed E-state index contributed by atoms with van der Waals surface area (Å²) in [6.07, 6.45) is 0. The number of carboxylic acid groups (broad SMARTS) is 1. The Bertz CT molecular complexity index is 1630. The van der Waals surface area contributed by atoms with E-state index in [-0.39, 0.29) is 18.4 Å². The molecule has 3 aromatic carbocycles. The summed E-state index contributed by atoms with van der Waals surface area (Å²) in [5.41, 5.74) is 4.30. The molecule has 0 aliphatic carbocycles. The molecule has 11 heteroatoms. The number of aromatic nitrogens is 3. The second kappa shape index (κ2) is 12.3. The lowest BCUT2D eigenvalue weighted by molar-refractivity contribution is -0.137. The average Bonchev–Trinajstić information content (AvgIpc) is 3.57. The minimum atomic E-state index is -1.13. The van der Waals surface area contributed by atoms with Gasteiger partial charge in [-0.3, -0.25) is 9.69 Å². The molecule has 0 amide bonds. The predicted molar refractivity (Wildman–Crippen MR) is 160 cm³/mol. The van der Waals surface area contributed by atoms with Crippen LogP contribution in [-0.4, -0.2) is 68.9 Å². The van der Waals surface area contributed by atoms with E-state index in [9.17, 15) is 14.7 Å². The van der Waals surface area contributed by atoms with Crippen molar-refractivity contribution in [1.29, 1.82) is 0 Å². The number of hydrazone groups is 1. The van der Waals surface area contributed by atoms with E-state index in [0.29, 0.717) is 11.6 Å². The Balaban J connectivity index is 1.30. The van der Waals surface area contributed by atoms with Gasteiger partial charge >= 0.3 is 11.7 Å². The first kappa shape index (κ1) is 27.9. The van der Waals surface area contributed by atoms with Gasteiger partial charge in [-0.2, -0.15) is 5.10 Å². The molecule has 6 rings (SSSR count). The first-order valence-electron chi connectivity index (χ1n) is 13.9. The molecule has 0 spiro atoms. The first-order chi connectivity index (χ1) is 20.4. The van der Waals surface area contributed by atoms with Crippen LogP contribution < -0.4 is 10.7 Å². The maximum absolute atomic E-state index is 13.4. The van der Waals surface area contributed by atoms with Crippen LogP contribution in [0.3, 0.4) is 0 Å². The van der Waals surface area contributed by atoms with Crippen LogP contribution in [0.25, 0.3) is 0 Å². The topological polar surface area (TPSA) is 105 Å². The molecular formula is C31H31ClN6O4. The summed E-state index contributed by atoms with van der Waals surface area (Å²) in [5.74, 6) is -1.06. The zero-order valence-corrected chi connectivity index (χ0v) is 23.7. The molecular weight excluding hydrogens is 556 g/mol. The van der Waals surface area contributed by atoms with Gasteiger partial charge in [-0.15, -0.1) is 5.10 Å². The van der Waals surface area contributed by atoms with Gasteiger partial charge in [0.2, 0.25) is 5.95 Å².